The van der Waals surface area contributed by atoms with Crippen molar-refractivity contribution in [2.75, 3.05) is 0 Å². The molecule has 2 rings (SSSR count). The van der Waals surface area contributed by atoms with Crippen molar-refractivity contribution < 1.29 is 19.5 Å². The number of benzene rings is 1. The molecule has 0 aliphatic carbocycles. The van der Waals surface area contributed by atoms with Gasteiger partial charge in [-0.15, -0.1) is 0 Å². The van der Waals surface area contributed by atoms with Crippen LogP contribution in [-0.4, -0.2) is 22.2 Å². The molecule has 3 atom stereocenters. The van der Waals surface area contributed by atoms with E-state index in [4.69, 9.17) is 9.47 Å². The number of ether oxygens (including phenoxy) is 2. The van der Waals surface area contributed by atoms with Gasteiger partial charge in [-0.2, -0.15) is 0 Å². The van der Waals surface area contributed by atoms with Gasteiger partial charge in [-0.05, 0) is 36.2 Å². The highest BCUT2D eigenvalue weighted by Crippen LogP contribution is 2.45. The fraction of sp³-hybridized carbons (Fsp3) is 0.727. The molecule has 3 unspecified atom stereocenters. The summed E-state index contributed by atoms with van der Waals surface area (Å²) >= 11 is 0. The number of nitro benzene ring substituents is 1. The largest absolute Gasteiger partial charge is 0.507 e. The van der Waals surface area contributed by atoms with Crippen molar-refractivity contribution >= 4 is 5.69 Å². The van der Waals surface area contributed by atoms with Gasteiger partial charge in [0.1, 0.15) is 5.75 Å². The van der Waals surface area contributed by atoms with Crippen molar-refractivity contribution in [3.05, 3.63) is 33.9 Å². The minimum Gasteiger partial charge on any atom is -0.507 e. The molecule has 0 radical (unpaired) electrons. The van der Waals surface area contributed by atoms with Crippen LogP contribution in [0.4, 0.5) is 5.69 Å². The zero-order valence-electron chi connectivity index (χ0n) is 18.0. The summed E-state index contributed by atoms with van der Waals surface area (Å²) in [6.07, 6.45) is 3.73. The second-order valence-electron chi connectivity index (χ2n) is 9.03. The molecule has 0 spiro atoms. The average molecular weight is 394 g/mol. The van der Waals surface area contributed by atoms with E-state index in [0.717, 1.165) is 32.1 Å². The fourth-order valence-corrected chi connectivity index (χ4v) is 3.74. The van der Waals surface area contributed by atoms with E-state index in [1.54, 1.807) is 0 Å². The Morgan fingerprint density at radius 2 is 1.79 bits per heavy atom. The van der Waals surface area contributed by atoms with Gasteiger partial charge in [-0.1, -0.05) is 48.0 Å². The molecule has 1 aromatic rings. The Labute approximate surface area is 168 Å². The van der Waals surface area contributed by atoms with E-state index in [-0.39, 0.29) is 34.5 Å². The standard InChI is InChI=1S/C22H35NO5/c1-7-21(4,5)14-16-13-19(22(6,8-2)9-3)28-20(27-16)17-12-15(23(25)26)10-11-18(17)24/h10-12,16,19-20,24H,7-9,13-14H2,1-6H3. The maximum Gasteiger partial charge on any atom is 0.270 e. The lowest BCUT2D eigenvalue weighted by atomic mass is 9.74. The first kappa shape index (κ1) is 22.6. The Bertz CT molecular complexity index is 684. The Balaban J connectivity index is 2.40. The van der Waals surface area contributed by atoms with Crippen molar-refractivity contribution in [1.29, 1.82) is 0 Å². The Morgan fingerprint density at radius 3 is 2.32 bits per heavy atom. The SMILES string of the molecule is CCC(C)(C)CC1CC(C(C)(CC)CC)OC(c2cc([N+](=O)[O-])ccc2O)O1. The number of nitro groups is 1. The predicted molar refractivity (Wildman–Crippen MR) is 109 cm³/mol. The van der Waals surface area contributed by atoms with Gasteiger partial charge in [-0.3, -0.25) is 10.1 Å². The lowest BCUT2D eigenvalue weighted by Crippen LogP contribution is -2.44. The molecular formula is C22H35NO5. The van der Waals surface area contributed by atoms with Crippen LogP contribution in [0.5, 0.6) is 5.75 Å². The lowest BCUT2D eigenvalue weighted by Gasteiger charge is -2.45. The van der Waals surface area contributed by atoms with Crippen molar-refractivity contribution in [2.45, 2.75) is 92.1 Å². The highest BCUT2D eigenvalue weighted by atomic mass is 16.7. The normalized spacial score (nSPS) is 23.6. The molecule has 0 aromatic heterocycles. The highest BCUT2D eigenvalue weighted by Gasteiger charge is 2.42. The van der Waals surface area contributed by atoms with Crippen molar-refractivity contribution in [3.8, 4) is 5.75 Å². The summed E-state index contributed by atoms with van der Waals surface area (Å²) < 4.78 is 12.5. The molecule has 1 N–H and O–H groups in total. The second kappa shape index (κ2) is 8.78. The van der Waals surface area contributed by atoms with Crippen molar-refractivity contribution in [1.82, 2.24) is 0 Å². The van der Waals surface area contributed by atoms with Gasteiger partial charge >= 0.3 is 0 Å². The second-order valence-corrected chi connectivity index (χ2v) is 9.03. The summed E-state index contributed by atoms with van der Waals surface area (Å²) in [5.41, 5.74) is 0.345. The van der Waals surface area contributed by atoms with Crippen LogP contribution in [0.15, 0.2) is 18.2 Å². The van der Waals surface area contributed by atoms with E-state index in [9.17, 15) is 15.2 Å². The van der Waals surface area contributed by atoms with E-state index < -0.39 is 11.2 Å². The van der Waals surface area contributed by atoms with E-state index in [0.29, 0.717) is 5.56 Å². The van der Waals surface area contributed by atoms with Gasteiger partial charge < -0.3 is 14.6 Å². The highest BCUT2D eigenvalue weighted by molar-refractivity contribution is 5.43. The zero-order chi connectivity index (χ0) is 21.1. The van der Waals surface area contributed by atoms with Gasteiger partial charge in [0.05, 0.1) is 22.7 Å². The van der Waals surface area contributed by atoms with Gasteiger partial charge in [0.2, 0.25) is 0 Å². The summed E-state index contributed by atoms with van der Waals surface area (Å²) in [4.78, 5) is 10.7. The topological polar surface area (TPSA) is 81.8 Å². The number of non-ortho nitro benzene ring substituents is 1. The summed E-state index contributed by atoms with van der Waals surface area (Å²) in [6, 6.07) is 3.99. The Kier molecular flexibility index (Phi) is 7.10. The number of nitrogens with zero attached hydrogens (tertiary/aromatic N) is 1. The number of aromatic hydroxyl groups is 1. The maximum absolute atomic E-state index is 11.2. The first-order chi connectivity index (χ1) is 13.0. The van der Waals surface area contributed by atoms with Gasteiger partial charge in [0.15, 0.2) is 6.29 Å². The number of phenolic OH excluding ortho intramolecular Hbond substituents is 1. The molecule has 1 heterocycles. The Morgan fingerprint density at radius 1 is 1.14 bits per heavy atom. The van der Waals surface area contributed by atoms with Crippen LogP contribution in [0.3, 0.4) is 0 Å². The minimum absolute atomic E-state index is 0.0209. The molecule has 0 amide bonds. The minimum atomic E-state index is -0.811. The summed E-state index contributed by atoms with van der Waals surface area (Å²) in [6.45, 7) is 13.2. The van der Waals surface area contributed by atoms with Gasteiger partial charge in [0.25, 0.3) is 5.69 Å². The van der Waals surface area contributed by atoms with Crippen molar-refractivity contribution in [3.63, 3.8) is 0 Å². The van der Waals surface area contributed by atoms with E-state index in [1.807, 2.05) is 0 Å². The number of rotatable bonds is 8. The molecule has 6 heteroatoms. The van der Waals surface area contributed by atoms with Crippen LogP contribution in [0.2, 0.25) is 0 Å². The lowest BCUT2D eigenvalue weighted by molar-refractivity contribution is -0.385. The third-order valence-corrected chi connectivity index (χ3v) is 6.69. The summed E-state index contributed by atoms with van der Waals surface area (Å²) in [7, 11) is 0. The van der Waals surface area contributed by atoms with Crippen LogP contribution >= 0.6 is 0 Å². The average Bonchev–Trinajstić information content (AvgIpc) is 2.66. The molecule has 1 aliphatic heterocycles. The fourth-order valence-electron chi connectivity index (χ4n) is 3.74. The van der Waals surface area contributed by atoms with Crippen LogP contribution < -0.4 is 0 Å². The molecule has 1 aromatic carbocycles. The molecular weight excluding hydrogens is 358 g/mol. The molecule has 0 saturated carbocycles. The molecule has 0 bridgehead atoms. The van der Waals surface area contributed by atoms with E-state index >= 15 is 0 Å². The smallest absolute Gasteiger partial charge is 0.270 e. The van der Waals surface area contributed by atoms with Crippen molar-refractivity contribution in [2.24, 2.45) is 10.8 Å². The third kappa shape index (κ3) is 5.03. The van der Waals surface area contributed by atoms with Gasteiger partial charge in [-0.25, -0.2) is 0 Å². The molecule has 1 aliphatic rings. The Hall–Kier alpha value is -1.66. The van der Waals surface area contributed by atoms with Gasteiger partial charge in [0, 0.05) is 18.6 Å². The summed E-state index contributed by atoms with van der Waals surface area (Å²) in [5, 5.41) is 21.6. The monoisotopic (exact) mass is 393 g/mol. The predicted octanol–water partition coefficient (Wildman–Crippen LogP) is 6.13. The molecule has 1 fully saturated rings. The van der Waals surface area contributed by atoms with E-state index in [2.05, 4.69) is 41.5 Å². The van der Waals surface area contributed by atoms with Crippen LogP contribution in [0.25, 0.3) is 0 Å². The first-order valence-electron chi connectivity index (χ1n) is 10.3. The summed E-state index contributed by atoms with van der Waals surface area (Å²) in [5.74, 6) is -0.0422. The molecule has 28 heavy (non-hydrogen) atoms. The van der Waals surface area contributed by atoms with E-state index in [1.165, 1.54) is 18.2 Å². The van der Waals surface area contributed by atoms with Crippen LogP contribution in [0, 0.1) is 20.9 Å². The van der Waals surface area contributed by atoms with Crippen LogP contribution in [0.1, 0.15) is 85.5 Å². The molecule has 6 nitrogen and oxygen atoms in total. The number of phenols is 1. The zero-order valence-corrected chi connectivity index (χ0v) is 18.0. The third-order valence-electron chi connectivity index (χ3n) is 6.69. The molecule has 1 saturated heterocycles. The maximum atomic E-state index is 11.2. The number of hydrogen-bond donors (Lipinski definition) is 1. The number of hydrogen-bond acceptors (Lipinski definition) is 5. The quantitative estimate of drug-likeness (QED) is 0.424. The van der Waals surface area contributed by atoms with Crippen LogP contribution in [-0.2, 0) is 9.47 Å². The molecule has 158 valence electrons. The first-order valence-corrected chi connectivity index (χ1v) is 10.3.